The zero-order chi connectivity index (χ0) is 20.5. The summed E-state index contributed by atoms with van der Waals surface area (Å²) in [6, 6.07) is 12.9. The van der Waals surface area contributed by atoms with Crippen LogP contribution < -0.4 is 5.73 Å². The maximum Gasteiger partial charge on any atom is 0.300 e. The first kappa shape index (κ1) is 20.0. The zero-order valence-corrected chi connectivity index (χ0v) is 15.5. The van der Waals surface area contributed by atoms with E-state index in [1.807, 2.05) is 31.2 Å². The molecule has 0 bridgehead atoms. The Morgan fingerprint density at radius 3 is 2.11 bits per heavy atom. The lowest BCUT2D eigenvalue weighted by Gasteiger charge is -2.36. The van der Waals surface area contributed by atoms with Crippen LogP contribution in [0.1, 0.15) is 23.7 Å². The highest BCUT2D eigenvalue weighted by Crippen LogP contribution is 2.46. The standard InChI is InChI=1S/C22H20F4N2/c1-14-3-5-15(6-4-14)16-7-10-20(28-12-16)22(25,26)21(2,13-27)18-9-8-17(23)11-19(18)24/h3-12H,13,27H2,1-2H3/t21-/m1/s1. The van der Waals surface area contributed by atoms with Crippen molar-refractivity contribution in [2.75, 3.05) is 6.54 Å². The number of pyridine rings is 1. The van der Waals surface area contributed by atoms with Crippen molar-refractivity contribution in [2.45, 2.75) is 25.2 Å². The van der Waals surface area contributed by atoms with Crippen molar-refractivity contribution in [1.82, 2.24) is 4.98 Å². The average Bonchev–Trinajstić information content (AvgIpc) is 2.68. The van der Waals surface area contributed by atoms with E-state index in [9.17, 15) is 8.78 Å². The quantitative estimate of drug-likeness (QED) is 0.599. The molecule has 3 rings (SSSR count). The fraction of sp³-hybridized carbons (Fsp3) is 0.227. The summed E-state index contributed by atoms with van der Waals surface area (Å²) in [5, 5.41) is 0. The Balaban J connectivity index is 2.01. The molecule has 28 heavy (non-hydrogen) atoms. The third-order valence-electron chi connectivity index (χ3n) is 5.10. The molecule has 0 unspecified atom stereocenters. The molecule has 0 fully saturated rings. The lowest BCUT2D eigenvalue weighted by atomic mass is 9.75. The highest BCUT2D eigenvalue weighted by molar-refractivity contribution is 5.62. The Morgan fingerprint density at radius 2 is 1.57 bits per heavy atom. The Morgan fingerprint density at radius 1 is 0.929 bits per heavy atom. The number of nitrogens with zero attached hydrogens (tertiary/aromatic N) is 1. The number of nitrogens with two attached hydrogens (primary N) is 1. The second-order valence-corrected chi connectivity index (χ2v) is 7.03. The van der Waals surface area contributed by atoms with Crippen LogP contribution in [0.15, 0.2) is 60.8 Å². The molecular weight excluding hydrogens is 368 g/mol. The molecule has 0 amide bonds. The Bertz CT molecular complexity index is 969. The maximum atomic E-state index is 15.4. The van der Waals surface area contributed by atoms with Gasteiger partial charge in [0, 0.05) is 29.9 Å². The summed E-state index contributed by atoms with van der Waals surface area (Å²) >= 11 is 0. The van der Waals surface area contributed by atoms with Gasteiger partial charge in [-0.25, -0.2) is 8.78 Å². The van der Waals surface area contributed by atoms with Crippen molar-refractivity contribution in [2.24, 2.45) is 5.73 Å². The molecule has 0 radical (unpaired) electrons. The van der Waals surface area contributed by atoms with E-state index in [0.717, 1.165) is 30.2 Å². The van der Waals surface area contributed by atoms with Gasteiger partial charge in [0.1, 0.15) is 17.3 Å². The predicted octanol–water partition coefficient (Wildman–Crippen LogP) is 5.34. The number of aromatic nitrogens is 1. The molecule has 3 aromatic rings. The summed E-state index contributed by atoms with van der Waals surface area (Å²) < 4.78 is 58.2. The van der Waals surface area contributed by atoms with Gasteiger partial charge in [0.05, 0.1) is 5.41 Å². The minimum absolute atomic E-state index is 0.356. The first-order chi connectivity index (χ1) is 13.2. The van der Waals surface area contributed by atoms with E-state index < -0.39 is 35.2 Å². The number of hydrogen-bond acceptors (Lipinski definition) is 2. The molecule has 1 heterocycles. The van der Waals surface area contributed by atoms with E-state index in [-0.39, 0.29) is 5.56 Å². The zero-order valence-electron chi connectivity index (χ0n) is 15.5. The van der Waals surface area contributed by atoms with Gasteiger partial charge in [-0.05, 0) is 31.5 Å². The van der Waals surface area contributed by atoms with Crippen molar-refractivity contribution < 1.29 is 17.6 Å². The van der Waals surface area contributed by atoms with E-state index in [0.29, 0.717) is 11.6 Å². The van der Waals surface area contributed by atoms with Gasteiger partial charge in [-0.2, -0.15) is 8.78 Å². The third-order valence-corrected chi connectivity index (χ3v) is 5.10. The molecule has 1 atom stereocenters. The van der Waals surface area contributed by atoms with Crippen molar-refractivity contribution in [1.29, 1.82) is 0 Å². The van der Waals surface area contributed by atoms with Crippen LogP contribution in [0.25, 0.3) is 11.1 Å². The number of alkyl halides is 2. The minimum Gasteiger partial charge on any atom is -0.329 e. The van der Waals surface area contributed by atoms with Crippen LogP contribution in [0.5, 0.6) is 0 Å². The van der Waals surface area contributed by atoms with Crippen LogP contribution >= 0.6 is 0 Å². The summed E-state index contributed by atoms with van der Waals surface area (Å²) in [5.74, 6) is -5.49. The topological polar surface area (TPSA) is 38.9 Å². The number of benzene rings is 2. The highest BCUT2D eigenvalue weighted by Gasteiger charge is 2.54. The van der Waals surface area contributed by atoms with Crippen molar-refractivity contribution in [3.63, 3.8) is 0 Å². The first-order valence-electron chi connectivity index (χ1n) is 8.76. The van der Waals surface area contributed by atoms with E-state index in [1.165, 1.54) is 12.3 Å². The monoisotopic (exact) mass is 388 g/mol. The van der Waals surface area contributed by atoms with E-state index >= 15 is 8.78 Å². The summed E-state index contributed by atoms with van der Waals surface area (Å²) in [5.41, 5.74) is 5.27. The van der Waals surface area contributed by atoms with Crippen molar-refractivity contribution in [3.8, 4) is 11.1 Å². The number of rotatable bonds is 5. The van der Waals surface area contributed by atoms with Gasteiger partial charge >= 0.3 is 0 Å². The van der Waals surface area contributed by atoms with Gasteiger partial charge in [0.15, 0.2) is 0 Å². The van der Waals surface area contributed by atoms with Gasteiger partial charge in [-0.3, -0.25) is 4.98 Å². The molecule has 0 saturated heterocycles. The predicted molar refractivity (Wildman–Crippen MR) is 101 cm³/mol. The van der Waals surface area contributed by atoms with Gasteiger partial charge in [0.25, 0.3) is 5.92 Å². The number of hydrogen-bond donors (Lipinski definition) is 1. The van der Waals surface area contributed by atoms with Gasteiger partial charge in [-0.15, -0.1) is 0 Å². The first-order valence-corrected chi connectivity index (χ1v) is 8.76. The van der Waals surface area contributed by atoms with Crippen molar-refractivity contribution >= 4 is 0 Å². The average molecular weight is 388 g/mol. The highest BCUT2D eigenvalue weighted by atomic mass is 19.3. The second-order valence-electron chi connectivity index (χ2n) is 7.03. The fourth-order valence-electron chi connectivity index (χ4n) is 3.12. The van der Waals surface area contributed by atoms with Crippen LogP contribution in [0.3, 0.4) is 0 Å². The summed E-state index contributed by atoms with van der Waals surface area (Å²) in [6.07, 6.45) is 1.35. The third kappa shape index (κ3) is 3.40. The normalized spacial score (nSPS) is 14.0. The minimum atomic E-state index is -3.58. The van der Waals surface area contributed by atoms with Crippen LogP contribution in [0.4, 0.5) is 17.6 Å². The largest absolute Gasteiger partial charge is 0.329 e. The second kappa shape index (κ2) is 7.36. The Hall–Kier alpha value is -2.73. The molecule has 2 aromatic carbocycles. The van der Waals surface area contributed by atoms with E-state index in [1.54, 1.807) is 6.07 Å². The maximum absolute atomic E-state index is 15.4. The number of halogens is 4. The van der Waals surface area contributed by atoms with E-state index in [4.69, 9.17) is 5.73 Å². The molecule has 0 aliphatic carbocycles. The molecular formula is C22H20F4N2. The SMILES string of the molecule is Cc1ccc(-c2ccc(C(F)(F)[C@](C)(CN)c3ccc(F)cc3F)nc2)cc1. The molecule has 0 aliphatic rings. The fourth-order valence-corrected chi connectivity index (χ4v) is 3.12. The summed E-state index contributed by atoms with van der Waals surface area (Å²) in [7, 11) is 0. The van der Waals surface area contributed by atoms with Crippen LogP contribution in [-0.2, 0) is 11.3 Å². The van der Waals surface area contributed by atoms with Crippen LogP contribution in [0, 0.1) is 18.6 Å². The Labute approximate surface area is 161 Å². The molecule has 0 spiro atoms. The number of aryl methyl sites for hydroxylation is 1. The van der Waals surface area contributed by atoms with Gasteiger partial charge in [0.2, 0.25) is 0 Å². The lowest BCUT2D eigenvalue weighted by Crippen LogP contribution is -2.47. The smallest absolute Gasteiger partial charge is 0.300 e. The molecule has 2 N–H and O–H groups in total. The summed E-state index contributed by atoms with van der Waals surface area (Å²) in [4.78, 5) is 3.93. The van der Waals surface area contributed by atoms with E-state index in [2.05, 4.69) is 4.98 Å². The molecule has 6 heteroatoms. The van der Waals surface area contributed by atoms with Crippen molar-refractivity contribution in [3.05, 3.63) is 89.2 Å². The molecule has 0 saturated carbocycles. The molecule has 2 nitrogen and oxygen atoms in total. The summed E-state index contributed by atoms with van der Waals surface area (Å²) in [6.45, 7) is 2.55. The lowest BCUT2D eigenvalue weighted by molar-refractivity contribution is -0.0813. The molecule has 0 aliphatic heterocycles. The Kier molecular flexibility index (Phi) is 5.26. The van der Waals surface area contributed by atoms with Crippen LogP contribution in [-0.4, -0.2) is 11.5 Å². The molecule has 1 aromatic heterocycles. The molecule has 146 valence electrons. The van der Waals surface area contributed by atoms with Gasteiger partial charge in [-0.1, -0.05) is 42.0 Å². The van der Waals surface area contributed by atoms with Crippen LogP contribution in [0.2, 0.25) is 0 Å². The van der Waals surface area contributed by atoms with Gasteiger partial charge < -0.3 is 5.73 Å².